The summed E-state index contributed by atoms with van der Waals surface area (Å²) in [5.74, 6) is -0.638. The van der Waals surface area contributed by atoms with Crippen LogP contribution in [0.3, 0.4) is 0 Å². The summed E-state index contributed by atoms with van der Waals surface area (Å²) in [6.45, 7) is 2.25. The molecule has 2 aliphatic heterocycles. The van der Waals surface area contributed by atoms with Crippen molar-refractivity contribution in [3.63, 3.8) is 0 Å². The van der Waals surface area contributed by atoms with Crippen molar-refractivity contribution in [1.29, 1.82) is 0 Å². The molecular formula is C27H26FN3O3. The van der Waals surface area contributed by atoms with Gasteiger partial charge in [0, 0.05) is 18.2 Å². The first-order chi connectivity index (χ1) is 16.5. The number of aliphatic hydroxyl groups excluding tert-OH is 1. The first kappa shape index (κ1) is 22.1. The lowest BCUT2D eigenvalue weighted by molar-refractivity contribution is -0.159. The van der Waals surface area contributed by atoms with E-state index in [0.29, 0.717) is 12.2 Å². The van der Waals surface area contributed by atoms with Crippen LogP contribution in [0.25, 0.3) is 11.1 Å². The average molecular weight is 460 g/mol. The number of hydrogen-bond donors (Lipinski definition) is 2. The van der Waals surface area contributed by atoms with Crippen molar-refractivity contribution in [3.8, 4) is 11.1 Å². The van der Waals surface area contributed by atoms with Gasteiger partial charge in [-0.05, 0) is 53.4 Å². The molecule has 0 spiro atoms. The summed E-state index contributed by atoms with van der Waals surface area (Å²) in [6, 6.07) is 21.0. The van der Waals surface area contributed by atoms with Crippen LogP contribution in [0.1, 0.15) is 17.0 Å². The highest BCUT2D eigenvalue weighted by Gasteiger charge is 2.54. The second-order valence-corrected chi connectivity index (χ2v) is 8.90. The number of nitrogens with one attached hydrogen (secondary N) is 1. The maximum absolute atomic E-state index is 13.2. The van der Waals surface area contributed by atoms with E-state index < -0.39 is 6.03 Å². The molecule has 2 aliphatic rings. The van der Waals surface area contributed by atoms with Gasteiger partial charge in [0.05, 0.1) is 18.7 Å². The third kappa shape index (κ3) is 3.92. The van der Waals surface area contributed by atoms with E-state index in [1.54, 1.807) is 4.90 Å². The van der Waals surface area contributed by atoms with Gasteiger partial charge < -0.3 is 20.2 Å². The molecule has 2 fully saturated rings. The Hall–Kier alpha value is -3.71. The van der Waals surface area contributed by atoms with Crippen LogP contribution < -0.4 is 5.32 Å². The van der Waals surface area contributed by atoms with Crippen LogP contribution in [-0.2, 0) is 4.79 Å². The molecule has 6 nitrogen and oxygen atoms in total. The van der Waals surface area contributed by atoms with Gasteiger partial charge in [-0.2, -0.15) is 0 Å². The molecule has 5 rings (SSSR count). The Bertz CT molecular complexity index is 1210. The molecule has 3 amide bonds. The van der Waals surface area contributed by atoms with Crippen LogP contribution in [0, 0.1) is 12.7 Å². The van der Waals surface area contributed by atoms with Crippen LogP contribution >= 0.6 is 0 Å². The Balaban J connectivity index is 1.34. The number of halogens is 1. The minimum absolute atomic E-state index is 0.0566. The minimum Gasteiger partial charge on any atom is -0.394 e. The lowest BCUT2D eigenvalue weighted by Crippen LogP contribution is -2.73. The zero-order valence-electron chi connectivity index (χ0n) is 18.8. The van der Waals surface area contributed by atoms with Gasteiger partial charge in [0.15, 0.2) is 0 Å². The van der Waals surface area contributed by atoms with Crippen molar-refractivity contribution < 1.29 is 19.1 Å². The first-order valence-electron chi connectivity index (χ1n) is 11.4. The quantitative estimate of drug-likeness (QED) is 0.619. The van der Waals surface area contributed by atoms with Gasteiger partial charge >= 0.3 is 6.03 Å². The first-order valence-corrected chi connectivity index (χ1v) is 11.4. The van der Waals surface area contributed by atoms with Crippen molar-refractivity contribution in [2.45, 2.75) is 24.9 Å². The summed E-state index contributed by atoms with van der Waals surface area (Å²) in [5, 5.41) is 12.7. The Morgan fingerprint density at radius 3 is 2.44 bits per heavy atom. The van der Waals surface area contributed by atoms with Crippen LogP contribution in [-0.4, -0.2) is 58.6 Å². The van der Waals surface area contributed by atoms with Gasteiger partial charge in [0.25, 0.3) is 0 Å². The van der Waals surface area contributed by atoms with Crippen molar-refractivity contribution in [2.75, 3.05) is 25.0 Å². The molecule has 2 saturated heterocycles. The number of aliphatic hydroxyl groups is 1. The number of anilines is 1. The van der Waals surface area contributed by atoms with Gasteiger partial charge in [0.2, 0.25) is 5.91 Å². The zero-order chi connectivity index (χ0) is 23.8. The van der Waals surface area contributed by atoms with Gasteiger partial charge in [-0.1, -0.05) is 48.5 Å². The lowest BCUT2D eigenvalue weighted by Gasteiger charge is -2.58. The summed E-state index contributed by atoms with van der Waals surface area (Å²) < 4.78 is 13.2. The molecule has 2 heterocycles. The molecule has 3 atom stereocenters. The summed E-state index contributed by atoms with van der Waals surface area (Å²) in [7, 11) is 0. The van der Waals surface area contributed by atoms with Gasteiger partial charge in [-0.15, -0.1) is 0 Å². The molecule has 34 heavy (non-hydrogen) atoms. The number of fused-ring (bicyclic) bond motifs is 1. The fourth-order valence-corrected chi connectivity index (χ4v) is 5.17. The van der Waals surface area contributed by atoms with Crippen molar-refractivity contribution in [1.82, 2.24) is 9.80 Å². The number of benzene rings is 3. The fraction of sp³-hybridized carbons (Fsp3) is 0.259. The predicted molar refractivity (Wildman–Crippen MR) is 128 cm³/mol. The lowest BCUT2D eigenvalue weighted by atomic mass is 9.73. The van der Waals surface area contributed by atoms with E-state index >= 15 is 0 Å². The number of amides is 3. The largest absolute Gasteiger partial charge is 0.394 e. The maximum atomic E-state index is 13.2. The molecule has 3 aromatic rings. The molecule has 0 unspecified atom stereocenters. The zero-order valence-corrected chi connectivity index (χ0v) is 18.8. The highest BCUT2D eigenvalue weighted by atomic mass is 19.1. The molecule has 2 N–H and O–H groups in total. The number of piperazine rings is 1. The van der Waals surface area contributed by atoms with Crippen molar-refractivity contribution in [2.24, 2.45) is 0 Å². The smallest absolute Gasteiger partial charge is 0.322 e. The van der Waals surface area contributed by atoms with Gasteiger partial charge in [-0.25, -0.2) is 9.18 Å². The van der Waals surface area contributed by atoms with Crippen LogP contribution in [0.15, 0.2) is 72.8 Å². The molecule has 0 aromatic heterocycles. The minimum atomic E-state index is -0.402. The van der Waals surface area contributed by atoms with Gasteiger partial charge in [-0.3, -0.25) is 4.79 Å². The number of nitrogens with zero attached hydrogens (tertiary/aromatic N) is 2. The summed E-state index contributed by atoms with van der Waals surface area (Å²) in [6.07, 6.45) is 0. The highest BCUT2D eigenvalue weighted by molar-refractivity contribution is 5.93. The average Bonchev–Trinajstić information content (AvgIpc) is 2.82. The molecule has 0 radical (unpaired) electrons. The number of carbonyl (C=O) groups is 2. The van der Waals surface area contributed by atoms with E-state index in [1.165, 1.54) is 40.3 Å². The van der Waals surface area contributed by atoms with Crippen LogP contribution in [0.2, 0.25) is 0 Å². The second kappa shape index (κ2) is 8.91. The topological polar surface area (TPSA) is 72.9 Å². The normalized spacial score (nSPS) is 21.6. The van der Waals surface area contributed by atoms with Gasteiger partial charge in [0.1, 0.15) is 12.4 Å². The monoisotopic (exact) mass is 459 g/mol. The number of rotatable bonds is 4. The van der Waals surface area contributed by atoms with E-state index in [0.717, 1.165) is 11.1 Å². The van der Waals surface area contributed by atoms with E-state index in [9.17, 15) is 19.1 Å². The Morgan fingerprint density at radius 1 is 1.06 bits per heavy atom. The standard InChI is InChI=1S/C27H26FN3O3/c1-17-4-2-3-5-22(17)18-6-8-19(9-7-18)26-23-14-30(15-25(33)31(23)24(26)16-32)27(34)29-21-12-10-20(28)11-13-21/h2-13,23-24,26,32H,14-16H2,1H3,(H,29,34)/t23-,24-,26+/m1/s1. The molecule has 0 bridgehead atoms. The van der Waals surface area contributed by atoms with E-state index in [4.69, 9.17) is 0 Å². The summed E-state index contributed by atoms with van der Waals surface area (Å²) in [4.78, 5) is 28.8. The van der Waals surface area contributed by atoms with Crippen LogP contribution in [0.5, 0.6) is 0 Å². The third-order valence-corrected chi connectivity index (χ3v) is 6.89. The Labute approximate surface area is 197 Å². The Kier molecular flexibility index (Phi) is 5.79. The second-order valence-electron chi connectivity index (χ2n) is 8.90. The number of aryl methyl sites for hydroxylation is 1. The predicted octanol–water partition coefficient (Wildman–Crippen LogP) is 4.00. The molecular weight excluding hydrogens is 433 g/mol. The van der Waals surface area contributed by atoms with Crippen LogP contribution in [0.4, 0.5) is 14.9 Å². The van der Waals surface area contributed by atoms with Crippen molar-refractivity contribution in [3.05, 3.63) is 89.7 Å². The van der Waals surface area contributed by atoms with E-state index in [-0.39, 0.29) is 42.9 Å². The molecule has 7 heteroatoms. The molecule has 0 saturated carbocycles. The molecule has 3 aromatic carbocycles. The number of urea groups is 1. The summed E-state index contributed by atoms with van der Waals surface area (Å²) in [5.41, 5.74) is 4.97. The van der Waals surface area contributed by atoms with Crippen molar-refractivity contribution >= 4 is 17.6 Å². The number of hydrogen-bond acceptors (Lipinski definition) is 3. The Morgan fingerprint density at radius 2 is 1.76 bits per heavy atom. The fourth-order valence-electron chi connectivity index (χ4n) is 5.17. The molecule has 0 aliphatic carbocycles. The third-order valence-electron chi connectivity index (χ3n) is 6.89. The maximum Gasteiger partial charge on any atom is 0.322 e. The number of carbonyl (C=O) groups excluding carboxylic acids is 2. The summed E-state index contributed by atoms with van der Waals surface area (Å²) >= 11 is 0. The van der Waals surface area contributed by atoms with E-state index in [2.05, 4.69) is 48.6 Å². The SMILES string of the molecule is Cc1ccccc1-c1ccc([C@@H]2[C@@H](CO)N3C(=O)CN(C(=O)Nc4ccc(F)cc4)C[C@H]23)cc1. The molecule has 174 valence electrons. The highest BCUT2D eigenvalue weighted by Crippen LogP contribution is 2.43. The van der Waals surface area contributed by atoms with E-state index in [1.807, 2.05) is 12.1 Å².